The Morgan fingerprint density at radius 1 is 1.07 bits per heavy atom. The van der Waals surface area contributed by atoms with Gasteiger partial charge in [0.1, 0.15) is 5.75 Å². The molecule has 2 nitrogen and oxygen atoms in total. The monoisotopic (exact) mass is 201 g/mol. The fourth-order valence-electron chi connectivity index (χ4n) is 1.65. The van der Waals surface area contributed by atoms with Gasteiger partial charge in [-0.25, -0.2) is 0 Å². The highest BCUT2D eigenvalue weighted by Gasteiger charge is 2.01. The Balaban J connectivity index is 2.57. The van der Waals surface area contributed by atoms with Gasteiger partial charge in [0.05, 0.1) is 7.11 Å². The average Bonchev–Trinajstić information content (AvgIpc) is 2.27. The van der Waals surface area contributed by atoms with E-state index in [0.717, 1.165) is 11.3 Å². The molecule has 0 heterocycles. The zero-order chi connectivity index (χ0) is 10.8. The fourth-order valence-corrected chi connectivity index (χ4v) is 1.65. The van der Waals surface area contributed by atoms with E-state index in [4.69, 9.17) is 10.5 Å². The summed E-state index contributed by atoms with van der Waals surface area (Å²) in [5.74, 6) is 0.879. The lowest BCUT2D eigenvalue weighted by Crippen LogP contribution is -2.04. The maximum Gasteiger partial charge on any atom is 0.119 e. The van der Waals surface area contributed by atoms with Crippen molar-refractivity contribution in [3.05, 3.63) is 42.0 Å². The molecule has 0 aliphatic rings. The summed E-state index contributed by atoms with van der Waals surface area (Å²) in [5, 5.41) is 2.38. The normalized spacial score (nSPS) is 12.7. The van der Waals surface area contributed by atoms with Crippen molar-refractivity contribution in [1.82, 2.24) is 0 Å². The number of methoxy groups -OCH3 is 1. The summed E-state index contributed by atoms with van der Waals surface area (Å²) in [6.07, 6.45) is 0. The second kappa shape index (κ2) is 3.91. The Morgan fingerprint density at radius 2 is 1.80 bits per heavy atom. The van der Waals surface area contributed by atoms with Crippen molar-refractivity contribution >= 4 is 10.8 Å². The molecule has 0 spiro atoms. The topological polar surface area (TPSA) is 35.2 Å². The van der Waals surface area contributed by atoms with E-state index in [9.17, 15) is 0 Å². The zero-order valence-electron chi connectivity index (χ0n) is 9.03. The summed E-state index contributed by atoms with van der Waals surface area (Å²) in [6.45, 7) is 1.99. The van der Waals surface area contributed by atoms with E-state index >= 15 is 0 Å². The number of nitrogens with two attached hydrogens (primary N) is 1. The quantitative estimate of drug-likeness (QED) is 0.810. The lowest BCUT2D eigenvalue weighted by Gasteiger charge is -2.08. The summed E-state index contributed by atoms with van der Waals surface area (Å²) < 4.78 is 5.19. The van der Waals surface area contributed by atoms with Crippen LogP contribution in [0.15, 0.2) is 36.4 Å². The van der Waals surface area contributed by atoms with Crippen LogP contribution in [0.25, 0.3) is 10.8 Å². The van der Waals surface area contributed by atoms with E-state index in [1.807, 2.05) is 19.1 Å². The zero-order valence-corrected chi connectivity index (χ0v) is 9.03. The predicted molar refractivity (Wildman–Crippen MR) is 63.1 cm³/mol. The highest BCUT2D eigenvalue weighted by Crippen LogP contribution is 2.23. The van der Waals surface area contributed by atoms with Gasteiger partial charge in [0.15, 0.2) is 0 Å². The SMILES string of the molecule is COc1ccc2ccc(C(C)N)cc2c1. The second-order valence-corrected chi connectivity index (χ2v) is 3.76. The highest BCUT2D eigenvalue weighted by atomic mass is 16.5. The van der Waals surface area contributed by atoms with E-state index in [0.29, 0.717) is 0 Å². The first kappa shape index (κ1) is 9.99. The standard InChI is InChI=1S/C13H15NO/c1-9(14)11-4-3-10-5-6-13(15-2)8-12(10)7-11/h3-9H,14H2,1-2H3. The molecule has 0 amide bonds. The van der Waals surface area contributed by atoms with E-state index in [-0.39, 0.29) is 6.04 Å². The highest BCUT2D eigenvalue weighted by molar-refractivity contribution is 5.84. The molecule has 78 valence electrons. The molecular formula is C13H15NO. The minimum atomic E-state index is 0.0700. The van der Waals surface area contributed by atoms with Crippen molar-refractivity contribution in [3.63, 3.8) is 0 Å². The Kier molecular flexibility index (Phi) is 2.60. The third-order valence-electron chi connectivity index (χ3n) is 2.60. The van der Waals surface area contributed by atoms with Gasteiger partial charge in [-0.1, -0.05) is 18.2 Å². The molecule has 0 bridgehead atoms. The number of benzene rings is 2. The average molecular weight is 201 g/mol. The van der Waals surface area contributed by atoms with Gasteiger partial charge in [-0.15, -0.1) is 0 Å². The number of rotatable bonds is 2. The summed E-state index contributed by atoms with van der Waals surface area (Å²) in [5.41, 5.74) is 6.99. The Bertz CT molecular complexity index is 477. The lowest BCUT2D eigenvalue weighted by molar-refractivity contribution is 0.415. The minimum absolute atomic E-state index is 0.0700. The lowest BCUT2D eigenvalue weighted by atomic mass is 10.0. The van der Waals surface area contributed by atoms with Gasteiger partial charge in [-0.2, -0.15) is 0 Å². The molecule has 1 atom stereocenters. The summed E-state index contributed by atoms with van der Waals surface area (Å²) in [7, 11) is 1.68. The molecule has 0 aromatic heterocycles. The molecule has 2 rings (SSSR count). The summed E-state index contributed by atoms with van der Waals surface area (Å²) >= 11 is 0. The fraction of sp³-hybridized carbons (Fsp3) is 0.231. The number of hydrogen-bond acceptors (Lipinski definition) is 2. The summed E-state index contributed by atoms with van der Waals surface area (Å²) in [6, 6.07) is 12.4. The van der Waals surface area contributed by atoms with Crippen molar-refractivity contribution < 1.29 is 4.74 Å². The first-order valence-corrected chi connectivity index (χ1v) is 5.04. The maximum atomic E-state index is 5.84. The first-order chi connectivity index (χ1) is 7.20. The molecule has 2 aromatic rings. The number of hydrogen-bond donors (Lipinski definition) is 1. The molecule has 0 saturated carbocycles. The van der Waals surface area contributed by atoms with E-state index < -0.39 is 0 Å². The second-order valence-electron chi connectivity index (χ2n) is 3.76. The van der Waals surface area contributed by atoms with Crippen LogP contribution in [0.5, 0.6) is 5.75 Å². The van der Waals surface area contributed by atoms with Crippen LogP contribution in [-0.2, 0) is 0 Å². The molecule has 0 aliphatic carbocycles. The number of fused-ring (bicyclic) bond motifs is 1. The van der Waals surface area contributed by atoms with Crippen molar-refractivity contribution in [2.45, 2.75) is 13.0 Å². The van der Waals surface area contributed by atoms with Gasteiger partial charge in [0, 0.05) is 6.04 Å². The predicted octanol–water partition coefficient (Wildman–Crippen LogP) is 2.87. The van der Waals surface area contributed by atoms with Crippen LogP contribution in [0.1, 0.15) is 18.5 Å². The molecule has 1 unspecified atom stereocenters. The van der Waals surface area contributed by atoms with E-state index in [1.54, 1.807) is 7.11 Å². The molecule has 0 aliphatic heterocycles. The van der Waals surface area contributed by atoms with Gasteiger partial charge in [0.25, 0.3) is 0 Å². The van der Waals surface area contributed by atoms with Gasteiger partial charge in [0.2, 0.25) is 0 Å². The smallest absolute Gasteiger partial charge is 0.119 e. The Morgan fingerprint density at radius 3 is 2.47 bits per heavy atom. The molecule has 2 heteroatoms. The van der Waals surface area contributed by atoms with Gasteiger partial charge in [-0.3, -0.25) is 0 Å². The minimum Gasteiger partial charge on any atom is -0.497 e. The number of ether oxygens (including phenoxy) is 1. The molecule has 0 saturated heterocycles. The van der Waals surface area contributed by atoms with E-state index in [2.05, 4.69) is 24.3 Å². The largest absolute Gasteiger partial charge is 0.497 e. The van der Waals surface area contributed by atoms with Crippen molar-refractivity contribution in [2.24, 2.45) is 5.73 Å². The van der Waals surface area contributed by atoms with Crippen LogP contribution in [0.3, 0.4) is 0 Å². The van der Waals surface area contributed by atoms with Crippen LogP contribution in [0, 0.1) is 0 Å². The molecule has 0 fully saturated rings. The Labute approximate surface area is 89.7 Å². The third kappa shape index (κ3) is 1.95. The third-order valence-corrected chi connectivity index (χ3v) is 2.60. The van der Waals surface area contributed by atoms with Crippen LogP contribution in [0.4, 0.5) is 0 Å². The molecule has 2 N–H and O–H groups in total. The van der Waals surface area contributed by atoms with Gasteiger partial charge in [-0.05, 0) is 41.5 Å². The first-order valence-electron chi connectivity index (χ1n) is 5.04. The molecule has 15 heavy (non-hydrogen) atoms. The van der Waals surface area contributed by atoms with Crippen molar-refractivity contribution in [3.8, 4) is 5.75 Å². The van der Waals surface area contributed by atoms with Crippen LogP contribution < -0.4 is 10.5 Å². The van der Waals surface area contributed by atoms with Gasteiger partial charge < -0.3 is 10.5 Å². The maximum absolute atomic E-state index is 5.84. The van der Waals surface area contributed by atoms with Crippen molar-refractivity contribution in [1.29, 1.82) is 0 Å². The van der Waals surface area contributed by atoms with Crippen LogP contribution in [-0.4, -0.2) is 7.11 Å². The van der Waals surface area contributed by atoms with Crippen LogP contribution in [0.2, 0.25) is 0 Å². The summed E-state index contributed by atoms with van der Waals surface area (Å²) in [4.78, 5) is 0. The molecular weight excluding hydrogens is 186 g/mol. The van der Waals surface area contributed by atoms with Crippen molar-refractivity contribution in [2.75, 3.05) is 7.11 Å². The van der Waals surface area contributed by atoms with E-state index in [1.165, 1.54) is 10.8 Å². The van der Waals surface area contributed by atoms with Crippen LogP contribution >= 0.6 is 0 Å². The van der Waals surface area contributed by atoms with Gasteiger partial charge >= 0.3 is 0 Å². The molecule has 0 radical (unpaired) electrons. The molecule has 2 aromatic carbocycles. The Hall–Kier alpha value is -1.54.